The summed E-state index contributed by atoms with van der Waals surface area (Å²) in [4.78, 5) is 35.4. The monoisotopic (exact) mass is 424 g/mol. The van der Waals surface area contributed by atoms with Crippen molar-refractivity contribution in [3.05, 3.63) is 59.7 Å². The molecule has 2 amide bonds. The molecular formula is C23H24N2O6. The molecule has 0 bridgehead atoms. The summed E-state index contributed by atoms with van der Waals surface area (Å²) in [5.74, 6) is -1.68. The molecule has 2 aromatic carbocycles. The Morgan fingerprint density at radius 1 is 1.03 bits per heavy atom. The molecule has 2 aliphatic rings. The summed E-state index contributed by atoms with van der Waals surface area (Å²) < 4.78 is 5.49. The Hall–Kier alpha value is -3.39. The molecule has 0 radical (unpaired) electrons. The number of hydrogen-bond donors (Lipinski definition) is 4. The van der Waals surface area contributed by atoms with Gasteiger partial charge in [-0.2, -0.15) is 0 Å². The van der Waals surface area contributed by atoms with E-state index in [0.29, 0.717) is 12.8 Å². The molecular weight excluding hydrogens is 400 g/mol. The smallest absolute Gasteiger partial charge is 0.408 e. The highest BCUT2D eigenvalue weighted by molar-refractivity contribution is 5.92. The van der Waals surface area contributed by atoms with Gasteiger partial charge in [0, 0.05) is 12.5 Å². The molecule has 1 saturated carbocycles. The molecule has 1 atom stereocenters. The Bertz CT molecular complexity index is 971. The normalized spacial score (nSPS) is 16.5. The largest absolute Gasteiger partial charge is 0.481 e. The van der Waals surface area contributed by atoms with Gasteiger partial charge in [-0.3, -0.25) is 9.59 Å². The zero-order valence-electron chi connectivity index (χ0n) is 16.8. The van der Waals surface area contributed by atoms with Crippen LogP contribution in [-0.4, -0.2) is 53.0 Å². The maximum absolute atomic E-state index is 12.4. The van der Waals surface area contributed by atoms with Crippen LogP contribution in [0.15, 0.2) is 48.5 Å². The molecule has 0 aliphatic heterocycles. The first-order valence-electron chi connectivity index (χ1n) is 10.2. The minimum Gasteiger partial charge on any atom is -0.481 e. The standard InChI is InChI=1S/C23H24N2O6/c26-14(11-20(27)28)12-24-21(29)23(9-10-23)25-22(30)31-13-19-17-7-3-1-5-15(17)16-6-2-4-8-18(16)19/h1-8,14,19,26H,9-13H2,(H,24,29)(H,25,30)(H,27,28). The second-order valence-corrected chi connectivity index (χ2v) is 7.99. The van der Waals surface area contributed by atoms with Crippen molar-refractivity contribution in [3.8, 4) is 11.1 Å². The predicted molar refractivity (Wildman–Crippen MR) is 111 cm³/mol. The van der Waals surface area contributed by atoms with E-state index in [-0.39, 0.29) is 19.1 Å². The van der Waals surface area contributed by atoms with Crippen molar-refractivity contribution in [3.63, 3.8) is 0 Å². The molecule has 4 rings (SSSR count). The Morgan fingerprint density at radius 2 is 1.61 bits per heavy atom. The van der Waals surface area contributed by atoms with Crippen molar-refractivity contribution in [1.29, 1.82) is 0 Å². The number of amides is 2. The number of hydrogen-bond acceptors (Lipinski definition) is 5. The summed E-state index contributed by atoms with van der Waals surface area (Å²) in [5, 5.41) is 23.4. The fourth-order valence-corrected chi connectivity index (χ4v) is 4.02. The van der Waals surface area contributed by atoms with E-state index in [9.17, 15) is 19.5 Å². The van der Waals surface area contributed by atoms with E-state index in [1.165, 1.54) is 0 Å². The number of carbonyl (C=O) groups excluding carboxylic acids is 2. The lowest BCUT2D eigenvalue weighted by molar-refractivity contribution is -0.139. The number of aliphatic carboxylic acids is 1. The van der Waals surface area contributed by atoms with Gasteiger partial charge in [0.1, 0.15) is 12.1 Å². The number of fused-ring (bicyclic) bond motifs is 3. The Morgan fingerprint density at radius 3 is 2.16 bits per heavy atom. The molecule has 0 heterocycles. The highest BCUT2D eigenvalue weighted by Gasteiger charge is 2.51. The van der Waals surface area contributed by atoms with Gasteiger partial charge >= 0.3 is 12.1 Å². The first-order chi connectivity index (χ1) is 14.9. The third-order valence-corrected chi connectivity index (χ3v) is 5.78. The second-order valence-electron chi connectivity index (χ2n) is 7.99. The number of aliphatic hydroxyl groups is 1. The van der Waals surface area contributed by atoms with Crippen LogP contribution in [0.25, 0.3) is 11.1 Å². The maximum atomic E-state index is 12.4. The van der Waals surface area contributed by atoms with Crippen LogP contribution < -0.4 is 10.6 Å². The number of carboxylic acid groups (broad SMARTS) is 1. The van der Waals surface area contributed by atoms with E-state index in [1.54, 1.807) is 0 Å². The van der Waals surface area contributed by atoms with Crippen molar-refractivity contribution in [2.24, 2.45) is 0 Å². The molecule has 8 heteroatoms. The molecule has 2 aromatic rings. The number of carbonyl (C=O) groups is 3. The number of aliphatic hydroxyl groups excluding tert-OH is 1. The van der Waals surface area contributed by atoms with E-state index >= 15 is 0 Å². The fraction of sp³-hybridized carbons (Fsp3) is 0.348. The van der Waals surface area contributed by atoms with E-state index in [1.807, 2.05) is 36.4 Å². The minimum atomic E-state index is -1.19. The summed E-state index contributed by atoms with van der Waals surface area (Å²) in [6, 6.07) is 16.0. The molecule has 1 fully saturated rings. The average molecular weight is 424 g/mol. The van der Waals surface area contributed by atoms with Crippen molar-refractivity contribution >= 4 is 18.0 Å². The second kappa shape index (κ2) is 8.39. The van der Waals surface area contributed by atoms with Crippen LogP contribution >= 0.6 is 0 Å². The predicted octanol–water partition coefficient (Wildman–Crippen LogP) is 2.01. The number of ether oxygens (including phenoxy) is 1. The topological polar surface area (TPSA) is 125 Å². The van der Waals surface area contributed by atoms with Gasteiger partial charge in [-0.1, -0.05) is 48.5 Å². The van der Waals surface area contributed by atoms with Crippen LogP contribution in [0, 0.1) is 0 Å². The van der Waals surface area contributed by atoms with Crippen LogP contribution in [0.3, 0.4) is 0 Å². The van der Waals surface area contributed by atoms with E-state index in [0.717, 1.165) is 22.3 Å². The van der Waals surface area contributed by atoms with Gasteiger partial charge in [0.05, 0.1) is 12.5 Å². The Kier molecular flexibility index (Phi) is 5.65. The summed E-state index contributed by atoms with van der Waals surface area (Å²) in [5.41, 5.74) is 3.40. The molecule has 0 spiro atoms. The van der Waals surface area contributed by atoms with Crippen molar-refractivity contribution in [1.82, 2.24) is 10.6 Å². The van der Waals surface area contributed by atoms with Gasteiger partial charge in [0.2, 0.25) is 5.91 Å². The first-order valence-corrected chi connectivity index (χ1v) is 10.2. The Balaban J connectivity index is 1.34. The van der Waals surface area contributed by atoms with Crippen LogP contribution in [0.5, 0.6) is 0 Å². The number of alkyl carbamates (subject to hydrolysis) is 1. The molecule has 1 unspecified atom stereocenters. The number of rotatable bonds is 8. The lowest BCUT2D eigenvalue weighted by atomic mass is 9.98. The number of nitrogens with one attached hydrogen (secondary N) is 2. The highest BCUT2D eigenvalue weighted by Crippen LogP contribution is 2.44. The molecule has 0 aromatic heterocycles. The third-order valence-electron chi connectivity index (χ3n) is 5.78. The molecule has 162 valence electrons. The fourth-order valence-electron chi connectivity index (χ4n) is 4.02. The first kappa shape index (κ1) is 20.9. The van der Waals surface area contributed by atoms with Crippen LogP contribution in [0.1, 0.15) is 36.3 Å². The summed E-state index contributed by atoms with van der Waals surface area (Å²) in [7, 11) is 0. The highest BCUT2D eigenvalue weighted by atomic mass is 16.5. The van der Waals surface area contributed by atoms with Gasteiger partial charge in [0.15, 0.2) is 0 Å². The lowest BCUT2D eigenvalue weighted by Crippen LogP contribution is -2.50. The van der Waals surface area contributed by atoms with Gasteiger partial charge in [-0.15, -0.1) is 0 Å². The van der Waals surface area contributed by atoms with Crippen LogP contribution in [0.2, 0.25) is 0 Å². The molecule has 4 N–H and O–H groups in total. The zero-order chi connectivity index (χ0) is 22.0. The summed E-state index contributed by atoms with van der Waals surface area (Å²) in [6.45, 7) is -0.0475. The van der Waals surface area contributed by atoms with E-state index < -0.39 is 36.0 Å². The summed E-state index contributed by atoms with van der Waals surface area (Å²) in [6.07, 6.45) is -1.42. The summed E-state index contributed by atoms with van der Waals surface area (Å²) >= 11 is 0. The number of carboxylic acids is 1. The van der Waals surface area contributed by atoms with Gasteiger partial charge in [-0.05, 0) is 35.1 Å². The van der Waals surface area contributed by atoms with Gasteiger partial charge in [0.25, 0.3) is 0 Å². The molecule has 2 aliphatic carbocycles. The molecule has 8 nitrogen and oxygen atoms in total. The lowest BCUT2D eigenvalue weighted by Gasteiger charge is -2.19. The third kappa shape index (κ3) is 4.39. The van der Waals surface area contributed by atoms with Crippen LogP contribution in [-0.2, 0) is 14.3 Å². The van der Waals surface area contributed by atoms with Crippen molar-refractivity contribution < 1.29 is 29.3 Å². The van der Waals surface area contributed by atoms with Crippen molar-refractivity contribution in [2.45, 2.75) is 36.8 Å². The Labute approximate surface area is 179 Å². The van der Waals surface area contributed by atoms with E-state index in [4.69, 9.17) is 9.84 Å². The van der Waals surface area contributed by atoms with E-state index in [2.05, 4.69) is 22.8 Å². The van der Waals surface area contributed by atoms with Crippen LogP contribution in [0.4, 0.5) is 4.79 Å². The minimum absolute atomic E-state index is 0.0757. The zero-order valence-corrected chi connectivity index (χ0v) is 16.8. The average Bonchev–Trinajstić information content (AvgIpc) is 3.45. The van der Waals surface area contributed by atoms with Crippen molar-refractivity contribution in [2.75, 3.05) is 13.2 Å². The SMILES string of the molecule is O=C(O)CC(O)CNC(=O)C1(NC(=O)OCC2c3ccccc3-c3ccccc32)CC1. The molecule has 31 heavy (non-hydrogen) atoms. The van der Waals surface area contributed by atoms with Gasteiger partial charge in [-0.25, -0.2) is 4.79 Å². The van der Waals surface area contributed by atoms with Gasteiger partial charge < -0.3 is 25.6 Å². The number of benzene rings is 2. The quantitative estimate of drug-likeness (QED) is 0.514. The maximum Gasteiger partial charge on any atom is 0.408 e. The molecule has 0 saturated heterocycles.